The molecule has 0 saturated carbocycles. The minimum Gasteiger partial charge on any atom is -0.393 e. The molecule has 1 atom stereocenters. The lowest BCUT2D eigenvalue weighted by Crippen LogP contribution is -2.24. The molecule has 3 N–H and O–H groups in total. The van der Waals surface area contributed by atoms with Gasteiger partial charge in [-0.05, 0) is 19.1 Å². The molecule has 0 bridgehead atoms. The molecule has 0 aliphatic rings. The van der Waals surface area contributed by atoms with Gasteiger partial charge in [-0.2, -0.15) is 0 Å². The van der Waals surface area contributed by atoms with Gasteiger partial charge in [-0.3, -0.25) is 9.59 Å². The molecule has 0 radical (unpaired) electrons. The van der Waals surface area contributed by atoms with Gasteiger partial charge >= 0.3 is 0 Å². The lowest BCUT2D eigenvalue weighted by Gasteiger charge is -2.10. The molecule has 1 rings (SSSR count). The van der Waals surface area contributed by atoms with Crippen LogP contribution in [-0.4, -0.2) is 16.7 Å². The van der Waals surface area contributed by atoms with Crippen molar-refractivity contribution < 1.29 is 9.59 Å². The van der Waals surface area contributed by atoms with Crippen LogP contribution in [0.15, 0.2) is 24.3 Å². The van der Waals surface area contributed by atoms with Crippen molar-refractivity contribution >= 4 is 34.6 Å². The van der Waals surface area contributed by atoms with Crippen molar-refractivity contribution in [2.24, 2.45) is 11.7 Å². The Bertz CT molecular complexity index is 486. The molecular weight excluding hydrogens is 248 g/mol. The maximum Gasteiger partial charge on any atom is 0.225 e. The van der Waals surface area contributed by atoms with E-state index in [1.54, 1.807) is 31.2 Å². The van der Waals surface area contributed by atoms with Gasteiger partial charge in [0.15, 0.2) is 5.78 Å². The topological polar surface area (TPSA) is 72.2 Å². The molecule has 0 saturated heterocycles. The van der Waals surface area contributed by atoms with Crippen LogP contribution >= 0.6 is 12.2 Å². The third-order valence-corrected chi connectivity index (χ3v) is 2.93. The summed E-state index contributed by atoms with van der Waals surface area (Å²) in [5.41, 5.74) is 6.61. The summed E-state index contributed by atoms with van der Waals surface area (Å²) in [6, 6.07) is 6.81. The number of hydrogen-bond acceptors (Lipinski definition) is 3. The van der Waals surface area contributed by atoms with Gasteiger partial charge in [0.1, 0.15) is 0 Å². The van der Waals surface area contributed by atoms with Crippen molar-refractivity contribution in [2.45, 2.75) is 20.3 Å². The first-order valence-electron chi connectivity index (χ1n) is 5.60. The van der Waals surface area contributed by atoms with E-state index in [9.17, 15) is 9.59 Å². The van der Waals surface area contributed by atoms with Crippen LogP contribution in [0.25, 0.3) is 0 Å². The van der Waals surface area contributed by atoms with Crippen molar-refractivity contribution in [1.82, 2.24) is 0 Å². The SMILES string of the molecule is CC(=O)c1cccc(NC(=O)CC(C)C(N)=S)c1. The predicted octanol–water partition coefficient (Wildman–Crippen LogP) is 2.14. The minimum atomic E-state index is -0.170. The van der Waals surface area contributed by atoms with Gasteiger partial charge in [-0.25, -0.2) is 0 Å². The predicted molar refractivity (Wildman–Crippen MR) is 75.6 cm³/mol. The fourth-order valence-electron chi connectivity index (χ4n) is 1.41. The first-order chi connectivity index (χ1) is 8.40. The smallest absolute Gasteiger partial charge is 0.225 e. The molecule has 0 aliphatic heterocycles. The molecule has 0 spiro atoms. The van der Waals surface area contributed by atoms with Gasteiger partial charge in [0.25, 0.3) is 0 Å². The van der Waals surface area contributed by atoms with Crippen LogP contribution in [0.2, 0.25) is 0 Å². The Morgan fingerprint density at radius 1 is 1.44 bits per heavy atom. The fraction of sp³-hybridized carbons (Fsp3) is 0.308. The maximum absolute atomic E-state index is 11.7. The number of benzene rings is 1. The molecule has 0 heterocycles. The molecule has 18 heavy (non-hydrogen) atoms. The van der Waals surface area contributed by atoms with Gasteiger partial charge < -0.3 is 11.1 Å². The third-order valence-electron chi connectivity index (χ3n) is 2.53. The standard InChI is InChI=1S/C13H16N2O2S/c1-8(13(14)18)6-12(17)15-11-5-3-4-10(7-11)9(2)16/h3-5,7-8H,6H2,1-2H3,(H2,14,18)(H,15,17). The van der Waals surface area contributed by atoms with Crippen LogP contribution in [0.5, 0.6) is 0 Å². The summed E-state index contributed by atoms with van der Waals surface area (Å²) >= 11 is 4.81. The highest BCUT2D eigenvalue weighted by atomic mass is 32.1. The van der Waals surface area contributed by atoms with Crippen LogP contribution < -0.4 is 11.1 Å². The number of thiocarbonyl (C=S) groups is 1. The third kappa shape index (κ3) is 4.25. The number of hydrogen-bond donors (Lipinski definition) is 2. The number of Topliss-reactive ketones (excluding diaryl/α,β-unsaturated/α-hetero) is 1. The van der Waals surface area contributed by atoms with Crippen molar-refractivity contribution in [3.05, 3.63) is 29.8 Å². The van der Waals surface area contributed by atoms with Gasteiger partial charge in [0, 0.05) is 23.6 Å². The molecule has 1 unspecified atom stereocenters. The first-order valence-corrected chi connectivity index (χ1v) is 6.01. The number of nitrogens with two attached hydrogens (primary N) is 1. The van der Waals surface area contributed by atoms with E-state index in [1.807, 2.05) is 0 Å². The summed E-state index contributed by atoms with van der Waals surface area (Å²) in [6.45, 7) is 3.28. The summed E-state index contributed by atoms with van der Waals surface area (Å²) in [7, 11) is 0. The second-order valence-electron chi connectivity index (χ2n) is 4.19. The summed E-state index contributed by atoms with van der Waals surface area (Å²) < 4.78 is 0. The Morgan fingerprint density at radius 3 is 2.67 bits per heavy atom. The van der Waals surface area contributed by atoms with E-state index >= 15 is 0 Å². The van der Waals surface area contributed by atoms with Crippen LogP contribution in [-0.2, 0) is 4.79 Å². The second-order valence-corrected chi connectivity index (χ2v) is 4.66. The van der Waals surface area contributed by atoms with Crippen LogP contribution in [0.3, 0.4) is 0 Å². The number of anilines is 1. The normalized spacial score (nSPS) is 11.7. The Kier molecular flexibility index (Phi) is 4.97. The highest BCUT2D eigenvalue weighted by Gasteiger charge is 2.11. The molecule has 1 aromatic carbocycles. The van der Waals surface area contributed by atoms with E-state index in [-0.39, 0.29) is 24.0 Å². The van der Waals surface area contributed by atoms with Crippen molar-refractivity contribution in [3.63, 3.8) is 0 Å². The first kappa shape index (κ1) is 14.3. The summed E-state index contributed by atoms with van der Waals surface area (Å²) in [6.07, 6.45) is 0.236. The number of carbonyl (C=O) groups is 2. The number of ketones is 1. The Balaban J connectivity index is 2.67. The molecule has 0 aromatic heterocycles. The average Bonchev–Trinajstić information content (AvgIpc) is 2.28. The second kappa shape index (κ2) is 6.26. The van der Waals surface area contributed by atoms with Crippen LogP contribution in [0.4, 0.5) is 5.69 Å². The fourth-order valence-corrected chi connectivity index (χ4v) is 1.49. The number of carbonyl (C=O) groups excluding carboxylic acids is 2. The maximum atomic E-state index is 11.7. The molecule has 4 nitrogen and oxygen atoms in total. The van der Waals surface area contributed by atoms with Gasteiger partial charge in [0.05, 0.1) is 4.99 Å². The monoisotopic (exact) mass is 264 g/mol. The Hall–Kier alpha value is -1.75. The largest absolute Gasteiger partial charge is 0.393 e. The molecule has 0 fully saturated rings. The Labute approximate surface area is 112 Å². The number of rotatable bonds is 5. The highest BCUT2D eigenvalue weighted by Crippen LogP contribution is 2.12. The zero-order chi connectivity index (χ0) is 13.7. The number of nitrogens with one attached hydrogen (secondary N) is 1. The molecule has 0 aliphatic carbocycles. The molecule has 5 heteroatoms. The van der Waals surface area contributed by atoms with Crippen molar-refractivity contribution in [1.29, 1.82) is 0 Å². The lowest BCUT2D eigenvalue weighted by molar-refractivity contribution is -0.116. The summed E-state index contributed by atoms with van der Waals surface area (Å²) in [5.74, 6) is -0.352. The summed E-state index contributed by atoms with van der Waals surface area (Å²) in [5, 5.41) is 2.72. The highest BCUT2D eigenvalue weighted by molar-refractivity contribution is 7.80. The van der Waals surface area contributed by atoms with Crippen molar-refractivity contribution in [3.8, 4) is 0 Å². The van der Waals surface area contributed by atoms with Gasteiger partial charge in [-0.1, -0.05) is 31.3 Å². The van der Waals surface area contributed by atoms with Crippen molar-refractivity contribution in [2.75, 3.05) is 5.32 Å². The van der Waals surface area contributed by atoms with Gasteiger partial charge in [-0.15, -0.1) is 0 Å². The van der Waals surface area contributed by atoms with E-state index < -0.39 is 0 Å². The molecule has 1 amide bonds. The van der Waals surface area contributed by atoms with E-state index in [0.29, 0.717) is 16.2 Å². The van der Waals surface area contributed by atoms with E-state index in [0.717, 1.165) is 0 Å². The molecule has 1 aromatic rings. The zero-order valence-corrected chi connectivity index (χ0v) is 11.2. The minimum absolute atomic E-state index is 0.0393. The lowest BCUT2D eigenvalue weighted by atomic mass is 10.1. The van der Waals surface area contributed by atoms with E-state index in [2.05, 4.69) is 5.32 Å². The van der Waals surface area contributed by atoms with E-state index in [1.165, 1.54) is 6.92 Å². The molecule has 96 valence electrons. The number of amides is 1. The zero-order valence-electron chi connectivity index (χ0n) is 10.4. The van der Waals surface area contributed by atoms with Crippen LogP contribution in [0, 0.1) is 5.92 Å². The van der Waals surface area contributed by atoms with Gasteiger partial charge in [0.2, 0.25) is 5.91 Å². The van der Waals surface area contributed by atoms with Crippen LogP contribution in [0.1, 0.15) is 30.6 Å². The quantitative estimate of drug-likeness (QED) is 0.631. The average molecular weight is 264 g/mol. The Morgan fingerprint density at radius 2 is 2.11 bits per heavy atom. The molecular formula is C13H16N2O2S. The van der Waals surface area contributed by atoms with E-state index in [4.69, 9.17) is 18.0 Å². The summed E-state index contributed by atoms with van der Waals surface area (Å²) in [4.78, 5) is 23.2.